The lowest BCUT2D eigenvalue weighted by molar-refractivity contribution is 0.102. The number of aromatic nitrogens is 3. The Morgan fingerprint density at radius 3 is 2.47 bits per heavy atom. The Morgan fingerprint density at radius 2 is 1.73 bits per heavy atom. The summed E-state index contributed by atoms with van der Waals surface area (Å²) < 4.78 is 15.2. The lowest BCUT2D eigenvalue weighted by atomic mass is 10.1. The number of hydrogen-bond acceptors (Lipinski definition) is 3. The maximum Gasteiger partial charge on any atom is 0.277 e. The van der Waals surface area contributed by atoms with Crippen molar-refractivity contribution in [2.24, 2.45) is 0 Å². The fraction of sp³-hybridized carbons (Fsp3) is 0.0455. The van der Waals surface area contributed by atoms with Crippen molar-refractivity contribution in [1.29, 1.82) is 0 Å². The van der Waals surface area contributed by atoms with Crippen molar-refractivity contribution < 1.29 is 9.18 Å². The SMILES string of the molecule is O=C(Nc1c(-c2ccc(F)cc2)ncn1Cc1ccccc1)c1nc(Cl)ccc1Cl. The van der Waals surface area contributed by atoms with Gasteiger partial charge in [0.2, 0.25) is 0 Å². The zero-order valence-corrected chi connectivity index (χ0v) is 17.0. The minimum Gasteiger partial charge on any atom is -0.312 e. The van der Waals surface area contributed by atoms with E-state index in [4.69, 9.17) is 23.2 Å². The Labute approximate surface area is 182 Å². The fourth-order valence-corrected chi connectivity index (χ4v) is 3.32. The van der Waals surface area contributed by atoms with Crippen LogP contribution in [-0.2, 0) is 6.54 Å². The topological polar surface area (TPSA) is 59.8 Å². The fourth-order valence-electron chi connectivity index (χ4n) is 2.98. The van der Waals surface area contributed by atoms with E-state index in [1.807, 2.05) is 30.3 Å². The molecule has 8 heteroatoms. The van der Waals surface area contributed by atoms with Crippen molar-refractivity contribution in [3.05, 3.63) is 100 Å². The number of nitrogens with zero attached hydrogens (tertiary/aromatic N) is 3. The first-order valence-electron chi connectivity index (χ1n) is 8.99. The monoisotopic (exact) mass is 440 g/mol. The number of imidazole rings is 1. The third-order valence-corrected chi connectivity index (χ3v) is 4.93. The first-order valence-corrected chi connectivity index (χ1v) is 9.75. The summed E-state index contributed by atoms with van der Waals surface area (Å²) in [5.41, 5.74) is 2.18. The van der Waals surface area contributed by atoms with Gasteiger partial charge in [-0.05, 0) is 42.0 Å². The van der Waals surface area contributed by atoms with E-state index in [1.54, 1.807) is 23.0 Å². The number of benzene rings is 2. The van der Waals surface area contributed by atoms with Gasteiger partial charge < -0.3 is 9.88 Å². The lowest BCUT2D eigenvalue weighted by Crippen LogP contribution is -2.18. The molecule has 0 saturated heterocycles. The van der Waals surface area contributed by atoms with Gasteiger partial charge in [-0.1, -0.05) is 53.5 Å². The molecule has 0 radical (unpaired) electrons. The molecule has 1 N–H and O–H groups in total. The molecule has 30 heavy (non-hydrogen) atoms. The molecule has 2 aromatic heterocycles. The lowest BCUT2D eigenvalue weighted by Gasteiger charge is -2.12. The zero-order valence-electron chi connectivity index (χ0n) is 15.5. The molecule has 0 aliphatic carbocycles. The van der Waals surface area contributed by atoms with E-state index < -0.39 is 5.91 Å². The van der Waals surface area contributed by atoms with Gasteiger partial charge in [0.25, 0.3) is 5.91 Å². The highest BCUT2D eigenvalue weighted by molar-refractivity contribution is 6.35. The van der Waals surface area contributed by atoms with Gasteiger partial charge in [-0.15, -0.1) is 0 Å². The van der Waals surface area contributed by atoms with Crippen LogP contribution in [0.4, 0.5) is 10.2 Å². The third kappa shape index (κ3) is 4.35. The second-order valence-corrected chi connectivity index (χ2v) is 7.28. The summed E-state index contributed by atoms with van der Waals surface area (Å²) in [5.74, 6) is -0.447. The number of pyridine rings is 1. The maximum atomic E-state index is 13.4. The Morgan fingerprint density at radius 1 is 1.00 bits per heavy atom. The molecular weight excluding hydrogens is 426 g/mol. The van der Waals surface area contributed by atoms with Crippen LogP contribution in [0.1, 0.15) is 16.1 Å². The Hall–Kier alpha value is -3.22. The number of nitrogens with one attached hydrogen (secondary N) is 1. The van der Waals surface area contributed by atoms with Crippen molar-refractivity contribution in [2.75, 3.05) is 5.32 Å². The van der Waals surface area contributed by atoms with E-state index in [1.165, 1.54) is 24.3 Å². The van der Waals surface area contributed by atoms with Crippen LogP contribution < -0.4 is 5.32 Å². The summed E-state index contributed by atoms with van der Waals surface area (Å²) in [6.45, 7) is 0.474. The molecule has 4 aromatic rings. The van der Waals surface area contributed by atoms with Gasteiger partial charge in [-0.25, -0.2) is 14.4 Å². The molecule has 2 heterocycles. The third-order valence-electron chi connectivity index (χ3n) is 4.41. The van der Waals surface area contributed by atoms with Gasteiger partial charge in [-0.3, -0.25) is 4.79 Å². The minimum atomic E-state index is -0.527. The van der Waals surface area contributed by atoms with Gasteiger partial charge in [0.05, 0.1) is 17.9 Å². The second-order valence-electron chi connectivity index (χ2n) is 6.48. The van der Waals surface area contributed by atoms with Crippen molar-refractivity contribution >= 4 is 34.9 Å². The maximum absolute atomic E-state index is 13.4. The minimum absolute atomic E-state index is 0.00156. The highest BCUT2D eigenvalue weighted by Crippen LogP contribution is 2.29. The highest BCUT2D eigenvalue weighted by Gasteiger charge is 2.20. The number of anilines is 1. The van der Waals surface area contributed by atoms with Gasteiger partial charge in [0, 0.05) is 5.56 Å². The smallest absolute Gasteiger partial charge is 0.277 e. The molecule has 0 unspecified atom stereocenters. The van der Waals surface area contributed by atoms with E-state index in [0.29, 0.717) is 23.6 Å². The quantitative estimate of drug-likeness (QED) is 0.405. The molecule has 1 amide bonds. The molecule has 4 rings (SSSR count). The first kappa shape index (κ1) is 20.1. The Balaban J connectivity index is 1.74. The number of halogens is 3. The van der Waals surface area contributed by atoms with Crippen LogP contribution in [0.2, 0.25) is 10.2 Å². The molecule has 0 fully saturated rings. The van der Waals surface area contributed by atoms with Gasteiger partial charge in [-0.2, -0.15) is 0 Å². The van der Waals surface area contributed by atoms with Crippen LogP contribution in [0.3, 0.4) is 0 Å². The Bertz CT molecular complexity index is 1190. The number of rotatable bonds is 5. The summed E-state index contributed by atoms with van der Waals surface area (Å²) in [4.78, 5) is 21.4. The molecule has 2 aromatic carbocycles. The summed E-state index contributed by atoms with van der Waals surface area (Å²) in [6.07, 6.45) is 1.62. The Kier molecular flexibility index (Phi) is 5.79. The predicted octanol–water partition coefficient (Wildman–Crippen LogP) is 5.69. The number of hydrogen-bond donors (Lipinski definition) is 1. The summed E-state index contributed by atoms with van der Waals surface area (Å²) in [5, 5.41) is 3.17. The van der Waals surface area contributed by atoms with Crippen molar-refractivity contribution in [1.82, 2.24) is 14.5 Å². The van der Waals surface area contributed by atoms with Crippen LogP contribution in [0, 0.1) is 5.82 Å². The van der Waals surface area contributed by atoms with Gasteiger partial charge in [0.15, 0.2) is 0 Å². The first-order chi connectivity index (χ1) is 14.5. The summed E-state index contributed by atoms with van der Waals surface area (Å²) in [6, 6.07) is 18.6. The normalized spacial score (nSPS) is 10.8. The molecule has 0 atom stereocenters. The molecule has 0 saturated carbocycles. The van der Waals surface area contributed by atoms with Crippen LogP contribution in [0.25, 0.3) is 11.3 Å². The van der Waals surface area contributed by atoms with E-state index >= 15 is 0 Å². The number of amides is 1. The molecule has 150 valence electrons. The standard InChI is InChI=1S/C22H15Cl2FN4O/c23-17-10-11-18(24)27-20(17)22(30)28-21-19(15-6-8-16(25)9-7-15)26-13-29(21)12-14-4-2-1-3-5-14/h1-11,13H,12H2,(H,28,30). The van der Waals surface area contributed by atoms with Crippen LogP contribution in [0.5, 0.6) is 0 Å². The summed E-state index contributed by atoms with van der Waals surface area (Å²) >= 11 is 12.0. The molecule has 5 nitrogen and oxygen atoms in total. The molecular formula is C22H15Cl2FN4O. The zero-order chi connectivity index (χ0) is 21.1. The van der Waals surface area contributed by atoms with E-state index in [-0.39, 0.29) is 21.7 Å². The molecule has 0 aliphatic heterocycles. The average Bonchev–Trinajstić information content (AvgIpc) is 3.13. The molecule has 0 bridgehead atoms. The largest absolute Gasteiger partial charge is 0.312 e. The van der Waals surface area contributed by atoms with Gasteiger partial charge in [0.1, 0.15) is 28.2 Å². The average molecular weight is 441 g/mol. The van der Waals surface area contributed by atoms with E-state index in [9.17, 15) is 9.18 Å². The highest BCUT2D eigenvalue weighted by atomic mass is 35.5. The summed E-state index contributed by atoms with van der Waals surface area (Å²) in [7, 11) is 0. The van der Waals surface area contributed by atoms with Crippen LogP contribution in [-0.4, -0.2) is 20.4 Å². The van der Waals surface area contributed by atoms with Crippen molar-refractivity contribution in [3.63, 3.8) is 0 Å². The van der Waals surface area contributed by atoms with E-state index in [2.05, 4.69) is 15.3 Å². The number of carbonyl (C=O) groups is 1. The second kappa shape index (κ2) is 8.65. The van der Waals surface area contributed by atoms with Crippen molar-refractivity contribution in [2.45, 2.75) is 6.54 Å². The van der Waals surface area contributed by atoms with E-state index in [0.717, 1.165) is 5.56 Å². The number of carbonyl (C=O) groups excluding carboxylic acids is 1. The predicted molar refractivity (Wildman–Crippen MR) is 115 cm³/mol. The molecule has 0 spiro atoms. The van der Waals surface area contributed by atoms with Gasteiger partial charge >= 0.3 is 0 Å². The van der Waals surface area contributed by atoms with Crippen molar-refractivity contribution in [3.8, 4) is 11.3 Å². The molecule has 0 aliphatic rings. The van der Waals surface area contributed by atoms with Crippen LogP contribution >= 0.6 is 23.2 Å². The van der Waals surface area contributed by atoms with Crippen LogP contribution in [0.15, 0.2) is 73.1 Å².